The Bertz CT molecular complexity index is 199. The van der Waals surface area contributed by atoms with Gasteiger partial charge in [0.1, 0.15) is 4.34 Å². The van der Waals surface area contributed by atoms with Gasteiger partial charge in [-0.1, -0.05) is 11.8 Å². The van der Waals surface area contributed by atoms with Gasteiger partial charge in [-0.2, -0.15) is 0 Å². The van der Waals surface area contributed by atoms with Gasteiger partial charge in [-0.05, 0) is 6.92 Å². The molecule has 56 valence electrons. The predicted octanol–water partition coefficient (Wildman–Crippen LogP) is 1.54. The van der Waals surface area contributed by atoms with Gasteiger partial charge in [0, 0.05) is 16.8 Å². The lowest BCUT2D eigenvalue weighted by Gasteiger charge is -1.89. The van der Waals surface area contributed by atoms with Crippen molar-refractivity contribution in [3.63, 3.8) is 0 Å². The van der Waals surface area contributed by atoms with Gasteiger partial charge in [0.05, 0.1) is 6.61 Å². The van der Waals surface area contributed by atoms with Gasteiger partial charge in [-0.3, -0.25) is 0 Å². The molecule has 0 saturated heterocycles. The molecule has 1 heterocycles. The fourth-order valence-electron chi connectivity index (χ4n) is 0.532. The predicted molar refractivity (Wildman–Crippen MR) is 44.7 cm³/mol. The molecule has 1 N–H and O–H groups in total. The van der Waals surface area contributed by atoms with E-state index >= 15 is 0 Å². The lowest BCUT2D eigenvalue weighted by Crippen LogP contribution is -1.84. The minimum absolute atomic E-state index is 0.225. The van der Waals surface area contributed by atoms with Crippen molar-refractivity contribution in [2.24, 2.45) is 0 Å². The maximum atomic E-state index is 8.49. The van der Waals surface area contributed by atoms with E-state index in [0.29, 0.717) is 0 Å². The number of thiazole rings is 1. The highest BCUT2D eigenvalue weighted by molar-refractivity contribution is 8.01. The smallest absolute Gasteiger partial charge is 0.150 e. The third-order valence-corrected chi connectivity index (χ3v) is 3.03. The number of nitrogens with zero attached hydrogens (tertiary/aromatic N) is 1. The van der Waals surface area contributed by atoms with E-state index in [4.69, 9.17) is 5.11 Å². The van der Waals surface area contributed by atoms with Gasteiger partial charge < -0.3 is 5.11 Å². The first-order valence-corrected chi connectivity index (χ1v) is 4.85. The zero-order valence-corrected chi connectivity index (χ0v) is 7.34. The molecule has 1 aromatic rings. The fraction of sp³-hybridized carbons (Fsp3) is 0.500. The van der Waals surface area contributed by atoms with Gasteiger partial charge in [0.2, 0.25) is 0 Å². The first kappa shape index (κ1) is 8.04. The summed E-state index contributed by atoms with van der Waals surface area (Å²) in [6.45, 7) is 2.20. The SMILES string of the molecule is Cc1csc(SCCO)n1. The number of aliphatic hydroxyl groups is 1. The summed E-state index contributed by atoms with van der Waals surface area (Å²) in [5.41, 5.74) is 1.06. The Hall–Kier alpha value is -0.0600. The normalized spacial score (nSPS) is 10.2. The maximum Gasteiger partial charge on any atom is 0.150 e. The third kappa shape index (κ3) is 2.28. The monoisotopic (exact) mass is 175 g/mol. The van der Waals surface area contributed by atoms with Gasteiger partial charge in [0.25, 0.3) is 0 Å². The van der Waals surface area contributed by atoms with Crippen LogP contribution in [-0.4, -0.2) is 22.5 Å². The number of aliphatic hydroxyl groups excluding tert-OH is 1. The van der Waals surface area contributed by atoms with Crippen LogP contribution in [0.1, 0.15) is 5.69 Å². The first-order chi connectivity index (χ1) is 4.83. The molecule has 0 unspecified atom stereocenters. The van der Waals surface area contributed by atoms with Crippen molar-refractivity contribution in [1.82, 2.24) is 4.98 Å². The Morgan fingerprint density at radius 2 is 2.60 bits per heavy atom. The van der Waals surface area contributed by atoms with Crippen LogP contribution < -0.4 is 0 Å². The van der Waals surface area contributed by atoms with E-state index < -0.39 is 0 Å². The molecule has 0 bridgehead atoms. The minimum Gasteiger partial charge on any atom is -0.396 e. The molecule has 0 spiro atoms. The van der Waals surface area contributed by atoms with Crippen molar-refractivity contribution >= 4 is 23.1 Å². The summed E-state index contributed by atoms with van der Waals surface area (Å²) in [6.07, 6.45) is 0. The Labute approximate surface area is 68.3 Å². The summed E-state index contributed by atoms with van der Waals surface area (Å²) in [4.78, 5) is 4.22. The zero-order valence-electron chi connectivity index (χ0n) is 5.70. The third-order valence-electron chi connectivity index (χ3n) is 0.915. The van der Waals surface area contributed by atoms with E-state index in [1.54, 1.807) is 23.1 Å². The van der Waals surface area contributed by atoms with Crippen LogP contribution in [0.4, 0.5) is 0 Å². The second-order valence-electron chi connectivity index (χ2n) is 1.83. The molecular weight excluding hydrogens is 166 g/mol. The number of aromatic nitrogens is 1. The van der Waals surface area contributed by atoms with E-state index in [9.17, 15) is 0 Å². The van der Waals surface area contributed by atoms with Crippen LogP contribution in [-0.2, 0) is 0 Å². The van der Waals surface area contributed by atoms with Crippen LogP contribution in [0.15, 0.2) is 9.72 Å². The highest BCUT2D eigenvalue weighted by atomic mass is 32.2. The average molecular weight is 175 g/mol. The second kappa shape index (κ2) is 3.95. The molecule has 0 saturated carbocycles. The van der Waals surface area contributed by atoms with Gasteiger partial charge >= 0.3 is 0 Å². The Morgan fingerprint density at radius 1 is 1.80 bits per heavy atom. The lowest BCUT2D eigenvalue weighted by atomic mass is 10.6. The highest BCUT2D eigenvalue weighted by Gasteiger charge is 1.96. The molecule has 1 rings (SSSR count). The molecule has 0 fully saturated rings. The molecule has 0 aromatic carbocycles. The summed E-state index contributed by atoms with van der Waals surface area (Å²) in [5.74, 6) is 0.743. The van der Waals surface area contributed by atoms with Crippen LogP contribution in [0.2, 0.25) is 0 Å². The zero-order chi connectivity index (χ0) is 7.40. The van der Waals surface area contributed by atoms with Crippen LogP contribution in [0.25, 0.3) is 0 Å². The van der Waals surface area contributed by atoms with E-state index in [1.165, 1.54) is 0 Å². The second-order valence-corrected chi connectivity index (χ2v) is 4.03. The number of rotatable bonds is 3. The first-order valence-electron chi connectivity index (χ1n) is 2.98. The topological polar surface area (TPSA) is 33.1 Å². The van der Waals surface area contributed by atoms with E-state index in [0.717, 1.165) is 15.8 Å². The van der Waals surface area contributed by atoms with Crippen molar-refractivity contribution < 1.29 is 5.11 Å². The molecule has 1 aromatic heterocycles. The van der Waals surface area contributed by atoms with Gasteiger partial charge in [-0.15, -0.1) is 11.3 Å². The molecule has 0 aliphatic rings. The quantitative estimate of drug-likeness (QED) is 0.707. The molecule has 2 nitrogen and oxygen atoms in total. The molecule has 0 atom stereocenters. The maximum absolute atomic E-state index is 8.49. The standard InChI is InChI=1S/C6H9NOS2/c1-5-4-10-6(7-5)9-3-2-8/h4,8H,2-3H2,1H3. The average Bonchev–Trinajstić information content (AvgIpc) is 2.31. The summed E-state index contributed by atoms with van der Waals surface area (Å²) < 4.78 is 1.05. The summed E-state index contributed by atoms with van der Waals surface area (Å²) in [7, 11) is 0. The van der Waals surface area contributed by atoms with Gasteiger partial charge in [0.15, 0.2) is 0 Å². The van der Waals surface area contributed by atoms with Crippen molar-refractivity contribution in [2.75, 3.05) is 12.4 Å². The molecular formula is C6H9NOS2. The summed E-state index contributed by atoms with van der Waals surface area (Å²) in [5, 5.41) is 10.5. The van der Waals surface area contributed by atoms with E-state index in [-0.39, 0.29) is 6.61 Å². The van der Waals surface area contributed by atoms with Crippen LogP contribution in [0.3, 0.4) is 0 Å². The van der Waals surface area contributed by atoms with Crippen molar-refractivity contribution in [3.8, 4) is 0 Å². The number of hydrogen-bond donors (Lipinski definition) is 1. The number of aryl methyl sites for hydroxylation is 1. The van der Waals surface area contributed by atoms with Gasteiger partial charge in [-0.25, -0.2) is 4.98 Å². The molecule has 0 amide bonds. The number of hydrogen-bond acceptors (Lipinski definition) is 4. The highest BCUT2D eigenvalue weighted by Crippen LogP contribution is 2.21. The Balaban J connectivity index is 2.42. The molecule has 4 heteroatoms. The summed E-state index contributed by atoms with van der Waals surface area (Å²) in [6, 6.07) is 0. The molecule has 0 aliphatic carbocycles. The van der Waals surface area contributed by atoms with Crippen molar-refractivity contribution in [3.05, 3.63) is 11.1 Å². The van der Waals surface area contributed by atoms with E-state index in [1.807, 2.05) is 12.3 Å². The largest absolute Gasteiger partial charge is 0.396 e. The van der Waals surface area contributed by atoms with Crippen LogP contribution in [0.5, 0.6) is 0 Å². The van der Waals surface area contributed by atoms with Crippen molar-refractivity contribution in [2.45, 2.75) is 11.3 Å². The Kier molecular flexibility index (Phi) is 3.18. The molecule has 0 aliphatic heterocycles. The number of thioether (sulfide) groups is 1. The van der Waals surface area contributed by atoms with Crippen LogP contribution >= 0.6 is 23.1 Å². The Morgan fingerprint density at radius 3 is 3.10 bits per heavy atom. The van der Waals surface area contributed by atoms with Crippen LogP contribution in [0, 0.1) is 6.92 Å². The molecule has 10 heavy (non-hydrogen) atoms. The lowest BCUT2D eigenvalue weighted by molar-refractivity contribution is 0.322. The summed E-state index contributed by atoms with van der Waals surface area (Å²) >= 11 is 3.23. The van der Waals surface area contributed by atoms with E-state index in [2.05, 4.69) is 4.98 Å². The van der Waals surface area contributed by atoms with Crippen molar-refractivity contribution in [1.29, 1.82) is 0 Å². The molecule has 0 radical (unpaired) electrons. The minimum atomic E-state index is 0.225. The fourth-order valence-corrected chi connectivity index (χ4v) is 2.19.